The molecule has 1 saturated heterocycles. The lowest BCUT2D eigenvalue weighted by molar-refractivity contribution is 0.139. The van der Waals surface area contributed by atoms with Crippen LogP contribution in [0.4, 0.5) is 20.8 Å². The Morgan fingerprint density at radius 3 is 2.79 bits per heavy atom. The zero-order chi connectivity index (χ0) is 20.1. The highest BCUT2D eigenvalue weighted by atomic mass is 19.1. The van der Waals surface area contributed by atoms with Gasteiger partial charge in [0.25, 0.3) is 5.95 Å². The van der Waals surface area contributed by atoms with E-state index in [2.05, 4.69) is 20.5 Å². The van der Waals surface area contributed by atoms with Crippen molar-refractivity contribution in [1.82, 2.24) is 30.0 Å². The first-order chi connectivity index (χ1) is 14.0. The molecule has 0 spiro atoms. The number of hydrogen-bond acceptors (Lipinski definition) is 7. The fourth-order valence-electron chi connectivity index (χ4n) is 3.61. The monoisotopic (exact) mass is 398 g/mol. The number of halogens is 1. The van der Waals surface area contributed by atoms with Crippen LogP contribution in [0.3, 0.4) is 0 Å². The Hall–Kier alpha value is -3.50. The molecule has 11 heteroatoms. The van der Waals surface area contributed by atoms with Crippen molar-refractivity contribution in [2.45, 2.75) is 32.5 Å². The summed E-state index contributed by atoms with van der Waals surface area (Å²) in [7, 11) is 1.71. The second-order valence-corrected chi connectivity index (χ2v) is 7.14. The molecule has 2 aliphatic rings. The number of carbonyl (C=O) groups excluding carboxylic acids is 1. The molecule has 1 aromatic carbocycles. The van der Waals surface area contributed by atoms with Gasteiger partial charge in [0, 0.05) is 18.3 Å². The molecule has 29 heavy (non-hydrogen) atoms. The molecular weight excluding hydrogens is 379 g/mol. The van der Waals surface area contributed by atoms with Crippen LogP contribution in [0, 0.1) is 5.82 Å². The molecule has 4 heterocycles. The third-order valence-corrected chi connectivity index (χ3v) is 5.18. The summed E-state index contributed by atoms with van der Waals surface area (Å²) in [6.45, 7) is 3.49. The summed E-state index contributed by atoms with van der Waals surface area (Å²) >= 11 is 0. The Balaban J connectivity index is 1.36. The van der Waals surface area contributed by atoms with Crippen LogP contribution >= 0.6 is 0 Å². The van der Waals surface area contributed by atoms with Crippen molar-refractivity contribution in [3.8, 4) is 5.69 Å². The summed E-state index contributed by atoms with van der Waals surface area (Å²) in [4.78, 5) is 16.8. The number of carbonyl (C=O) groups is 1. The average molecular weight is 398 g/mol. The second-order valence-electron chi connectivity index (χ2n) is 7.14. The van der Waals surface area contributed by atoms with E-state index in [-0.39, 0.29) is 6.10 Å². The summed E-state index contributed by atoms with van der Waals surface area (Å²) in [5, 5.41) is 16.6. The number of ether oxygens (including phenoxy) is 1. The molecule has 0 saturated carbocycles. The number of aromatic nitrogens is 6. The number of anilines is 2. The molecule has 3 aromatic rings. The largest absolute Gasteiger partial charge is 0.444 e. The summed E-state index contributed by atoms with van der Waals surface area (Å²) in [5.41, 5.74) is 2.63. The first-order valence-electron chi connectivity index (χ1n) is 9.36. The highest BCUT2D eigenvalue weighted by molar-refractivity contribution is 5.89. The smallest absolute Gasteiger partial charge is 0.414 e. The number of rotatable bonds is 4. The predicted molar refractivity (Wildman–Crippen MR) is 100 cm³/mol. The highest BCUT2D eigenvalue weighted by Gasteiger charge is 2.32. The molecule has 0 aliphatic carbocycles. The Morgan fingerprint density at radius 2 is 2.14 bits per heavy atom. The zero-order valence-corrected chi connectivity index (χ0v) is 16.0. The van der Waals surface area contributed by atoms with Gasteiger partial charge >= 0.3 is 6.09 Å². The quantitative estimate of drug-likeness (QED) is 0.661. The molecule has 1 atom stereocenters. The van der Waals surface area contributed by atoms with Crippen LogP contribution in [0.25, 0.3) is 5.69 Å². The molecule has 5 rings (SSSR count). The minimum atomic E-state index is -0.455. The van der Waals surface area contributed by atoms with Crippen LogP contribution in [0.5, 0.6) is 0 Å². The molecule has 1 amide bonds. The average Bonchev–Trinajstić information content (AvgIpc) is 3.44. The topological polar surface area (TPSA) is 94.2 Å². The minimum absolute atomic E-state index is 0.161. The Labute approximate surface area is 165 Å². The van der Waals surface area contributed by atoms with Gasteiger partial charge in [0.15, 0.2) is 5.82 Å². The maximum atomic E-state index is 14.8. The summed E-state index contributed by atoms with van der Waals surface area (Å²) in [5.74, 6) is 0.0827. The lowest BCUT2D eigenvalue weighted by atomic mass is 10.2. The van der Waals surface area contributed by atoms with Gasteiger partial charge in [-0.25, -0.2) is 13.9 Å². The van der Waals surface area contributed by atoms with E-state index in [0.29, 0.717) is 37.0 Å². The normalized spacial score (nSPS) is 18.4. The number of nitrogens with zero attached hydrogens (tertiary/aromatic N) is 8. The van der Waals surface area contributed by atoms with Gasteiger partial charge in [-0.1, -0.05) is 12.0 Å². The van der Waals surface area contributed by atoms with Crippen molar-refractivity contribution in [2.75, 3.05) is 16.3 Å². The van der Waals surface area contributed by atoms with Crippen molar-refractivity contribution in [2.24, 2.45) is 7.05 Å². The van der Waals surface area contributed by atoms with Crippen LogP contribution in [0.15, 0.2) is 24.4 Å². The molecule has 150 valence electrons. The molecule has 1 fully saturated rings. The van der Waals surface area contributed by atoms with E-state index in [1.165, 1.54) is 20.4 Å². The molecule has 0 radical (unpaired) electrons. The minimum Gasteiger partial charge on any atom is -0.444 e. The summed E-state index contributed by atoms with van der Waals surface area (Å²) in [6, 6.07) is 4.68. The van der Waals surface area contributed by atoms with E-state index in [9.17, 15) is 9.18 Å². The van der Waals surface area contributed by atoms with Gasteiger partial charge in [-0.05, 0) is 29.8 Å². The lowest BCUT2D eigenvalue weighted by Crippen LogP contribution is -2.24. The van der Waals surface area contributed by atoms with E-state index in [1.807, 2.05) is 11.8 Å². The van der Waals surface area contributed by atoms with Gasteiger partial charge in [0.1, 0.15) is 11.8 Å². The van der Waals surface area contributed by atoms with Crippen LogP contribution in [0.2, 0.25) is 0 Å². The van der Waals surface area contributed by atoms with E-state index in [4.69, 9.17) is 4.74 Å². The Kier molecular flexibility index (Phi) is 3.96. The molecule has 10 nitrogen and oxygen atoms in total. The number of fused-ring (bicyclic) bond motifs is 1. The number of cyclic esters (lactones) is 1. The van der Waals surface area contributed by atoms with Gasteiger partial charge in [-0.3, -0.25) is 4.90 Å². The third kappa shape index (κ3) is 2.98. The standard InChI is InChI=1S/C18H19FN8O2/c1-3-13-9-26(18(28)29-13)12-4-5-16(14(19)6-12)27-8-11-7-25(10-15(11)21-27)17-20-23-24(2)22-17/h4-6,8,13H,3,7,9-10H2,1-2H3/t13-/m0/s1. The number of tetrazole rings is 1. The van der Waals surface area contributed by atoms with Crippen molar-refractivity contribution in [3.63, 3.8) is 0 Å². The van der Waals surface area contributed by atoms with Crippen molar-refractivity contribution in [1.29, 1.82) is 0 Å². The van der Waals surface area contributed by atoms with Gasteiger partial charge in [-0.15, -0.1) is 5.10 Å². The number of amides is 1. The molecule has 0 N–H and O–H groups in total. The lowest BCUT2D eigenvalue weighted by Gasteiger charge is -2.15. The SMILES string of the molecule is CC[C@H]1CN(c2ccc(-n3cc4c(n3)CN(c3nnn(C)n3)C4)c(F)c2)C(=O)O1. The van der Waals surface area contributed by atoms with Crippen molar-refractivity contribution >= 4 is 17.7 Å². The highest BCUT2D eigenvalue weighted by Crippen LogP contribution is 2.29. The first-order valence-corrected chi connectivity index (χ1v) is 9.36. The van der Waals surface area contributed by atoms with E-state index in [1.54, 1.807) is 25.4 Å². The molecule has 0 unspecified atom stereocenters. The predicted octanol–water partition coefficient (Wildman–Crippen LogP) is 1.79. The number of hydrogen-bond donors (Lipinski definition) is 0. The van der Waals surface area contributed by atoms with E-state index in [0.717, 1.165) is 17.7 Å². The van der Waals surface area contributed by atoms with Crippen molar-refractivity contribution < 1.29 is 13.9 Å². The van der Waals surface area contributed by atoms with Gasteiger partial charge in [0.2, 0.25) is 0 Å². The Morgan fingerprint density at radius 1 is 1.28 bits per heavy atom. The van der Waals surface area contributed by atoms with Crippen LogP contribution in [-0.4, -0.2) is 48.7 Å². The molecule has 2 aromatic heterocycles. The van der Waals surface area contributed by atoms with Gasteiger partial charge in [0.05, 0.1) is 31.5 Å². The maximum absolute atomic E-state index is 14.8. The summed E-state index contributed by atoms with van der Waals surface area (Å²) < 4.78 is 21.6. The fraction of sp³-hybridized carbons (Fsp3) is 0.389. The van der Waals surface area contributed by atoms with Gasteiger partial charge in [-0.2, -0.15) is 9.90 Å². The van der Waals surface area contributed by atoms with Crippen LogP contribution in [0.1, 0.15) is 24.6 Å². The summed E-state index contributed by atoms with van der Waals surface area (Å²) in [6.07, 6.45) is 1.93. The van der Waals surface area contributed by atoms with Crippen LogP contribution < -0.4 is 9.80 Å². The number of aryl methyl sites for hydroxylation is 1. The van der Waals surface area contributed by atoms with E-state index >= 15 is 0 Å². The third-order valence-electron chi connectivity index (χ3n) is 5.18. The van der Waals surface area contributed by atoms with Crippen LogP contribution in [-0.2, 0) is 24.9 Å². The molecule has 0 bridgehead atoms. The first kappa shape index (κ1) is 17.6. The zero-order valence-electron chi connectivity index (χ0n) is 16.0. The molecule has 2 aliphatic heterocycles. The maximum Gasteiger partial charge on any atom is 0.414 e. The molecular formula is C18H19FN8O2. The second kappa shape index (κ2) is 6.54. The number of benzene rings is 1. The van der Waals surface area contributed by atoms with E-state index < -0.39 is 11.9 Å². The van der Waals surface area contributed by atoms with Crippen molar-refractivity contribution in [3.05, 3.63) is 41.5 Å². The Bertz CT molecular complexity index is 1070. The fourth-order valence-corrected chi connectivity index (χ4v) is 3.61. The van der Waals surface area contributed by atoms with Gasteiger partial charge < -0.3 is 9.64 Å².